The third-order valence-electron chi connectivity index (χ3n) is 8.93. The Bertz CT molecular complexity index is 2460. The molecular formula is C42H28N2. The quantitative estimate of drug-likeness (QED) is 0.203. The van der Waals surface area contributed by atoms with E-state index in [0.717, 1.165) is 5.69 Å². The molecule has 0 atom stereocenters. The summed E-state index contributed by atoms with van der Waals surface area (Å²) in [6.07, 6.45) is 0. The molecule has 0 aliphatic rings. The summed E-state index contributed by atoms with van der Waals surface area (Å²) < 4.78 is 4.91. The number of para-hydroxylation sites is 3. The number of fused-ring (bicyclic) bond motifs is 7. The Morgan fingerprint density at radius 2 is 0.886 bits per heavy atom. The molecule has 0 amide bonds. The second-order valence-corrected chi connectivity index (χ2v) is 11.4. The molecule has 2 heterocycles. The number of aromatic nitrogens is 2. The summed E-state index contributed by atoms with van der Waals surface area (Å²) in [6, 6.07) is 61.3. The lowest BCUT2D eigenvalue weighted by Gasteiger charge is -2.15. The normalized spacial score (nSPS) is 11.6. The van der Waals surface area contributed by atoms with Crippen molar-refractivity contribution < 1.29 is 0 Å². The van der Waals surface area contributed by atoms with Crippen molar-refractivity contribution in [2.45, 2.75) is 0 Å². The van der Waals surface area contributed by atoms with Crippen LogP contribution >= 0.6 is 0 Å². The van der Waals surface area contributed by atoms with E-state index in [4.69, 9.17) is 0 Å². The average Bonchev–Trinajstić information content (AvgIpc) is 3.62. The lowest BCUT2D eigenvalue weighted by Crippen LogP contribution is -1.98. The Labute approximate surface area is 255 Å². The van der Waals surface area contributed by atoms with Crippen LogP contribution < -0.4 is 0 Å². The van der Waals surface area contributed by atoms with Gasteiger partial charge in [0.25, 0.3) is 0 Å². The number of hydrogen-bond donors (Lipinski definition) is 0. The Morgan fingerprint density at radius 1 is 0.318 bits per heavy atom. The van der Waals surface area contributed by atoms with Gasteiger partial charge in [-0.25, -0.2) is 0 Å². The molecule has 2 nitrogen and oxygen atoms in total. The van der Waals surface area contributed by atoms with Crippen molar-refractivity contribution in [3.8, 4) is 33.6 Å². The first kappa shape index (κ1) is 24.7. The van der Waals surface area contributed by atoms with Crippen molar-refractivity contribution in [2.75, 3.05) is 0 Å². The zero-order valence-corrected chi connectivity index (χ0v) is 24.1. The average molecular weight is 561 g/mol. The molecule has 2 aromatic heterocycles. The number of hydrogen-bond acceptors (Lipinski definition) is 0. The Hall–Kier alpha value is -5.86. The third kappa shape index (κ3) is 3.68. The van der Waals surface area contributed by atoms with E-state index in [-0.39, 0.29) is 0 Å². The zero-order valence-electron chi connectivity index (χ0n) is 24.1. The van der Waals surface area contributed by atoms with Gasteiger partial charge >= 0.3 is 0 Å². The summed E-state index contributed by atoms with van der Waals surface area (Å²) in [7, 11) is 0. The van der Waals surface area contributed by atoms with E-state index in [2.05, 4.69) is 179 Å². The van der Waals surface area contributed by atoms with Crippen molar-refractivity contribution in [1.82, 2.24) is 9.13 Å². The second-order valence-electron chi connectivity index (χ2n) is 11.4. The van der Waals surface area contributed by atoms with Gasteiger partial charge in [-0.2, -0.15) is 0 Å². The molecular weight excluding hydrogens is 532 g/mol. The standard InChI is InChI=1S/C42H28N2/c1-3-13-29(14-4-1)30-23-25-32(26-24-30)43-39-22-12-9-19-36(39)41-40(43)28-27-35-34-18-8-11-21-38(34)44(42(35)41)37-20-10-7-17-33(37)31-15-5-2-6-16-31/h1-28H. The van der Waals surface area contributed by atoms with Crippen LogP contribution in [0.15, 0.2) is 170 Å². The van der Waals surface area contributed by atoms with Gasteiger partial charge in [0.2, 0.25) is 0 Å². The van der Waals surface area contributed by atoms with Crippen molar-refractivity contribution in [1.29, 1.82) is 0 Å². The van der Waals surface area contributed by atoms with Gasteiger partial charge < -0.3 is 9.13 Å². The lowest BCUT2D eigenvalue weighted by molar-refractivity contribution is 1.17. The highest BCUT2D eigenvalue weighted by Crippen LogP contribution is 2.43. The molecule has 44 heavy (non-hydrogen) atoms. The smallest absolute Gasteiger partial charge is 0.0641 e. The molecule has 0 spiro atoms. The predicted octanol–water partition coefficient (Wildman–Crippen LogP) is 11.2. The molecule has 206 valence electrons. The molecule has 0 saturated heterocycles. The van der Waals surface area contributed by atoms with E-state index in [1.165, 1.54) is 71.6 Å². The first-order valence-electron chi connectivity index (χ1n) is 15.1. The fraction of sp³-hybridized carbons (Fsp3) is 0. The van der Waals surface area contributed by atoms with Gasteiger partial charge in [0.15, 0.2) is 0 Å². The zero-order chi connectivity index (χ0) is 29.0. The summed E-state index contributed by atoms with van der Waals surface area (Å²) in [5, 5.41) is 5.04. The van der Waals surface area contributed by atoms with E-state index in [1.807, 2.05) is 0 Å². The van der Waals surface area contributed by atoms with Crippen LogP contribution in [-0.4, -0.2) is 9.13 Å². The van der Waals surface area contributed by atoms with Gasteiger partial charge in [0, 0.05) is 32.8 Å². The minimum absolute atomic E-state index is 1.16. The lowest BCUT2D eigenvalue weighted by atomic mass is 10.0. The van der Waals surface area contributed by atoms with Crippen LogP contribution in [0.4, 0.5) is 0 Å². The molecule has 0 aliphatic heterocycles. The van der Waals surface area contributed by atoms with Crippen molar-refractivity contribution >= 4 is 43.6 Å². The first-order chi connectivity index (χ1) is 21.9. The van der Waals surface area contributed by atoms with Crippen LogP contribution in [0.5, 0.6) is 0 Å². The van der Waals surface area contributed by atoms with Crippen molar-refractivity contribution in [2.24, 2.45) is 0 Å². The van der Waals surface area contributed by atoms with Gasteiger partial charge in [-0.3, -0.25) is 0 Å². The molecule has 9 aromatic rings. The SMILES string of the molecule is c1ccc(-c2ccc(-n3c4ccccc4c4c3ccc3c5ccccc5n(-c5ccccc5-c5ccccc5)c34)cc2)cc1. The summed E-state index contributed by atoms with van der Waals surface area (Å²) in [4.78, 5) is 0. The van der Waals surface area contributed by atoms with E-state index < -0.39 is 0 Å². The summed E-state index contributed by atoms with van der Waals surface area (Å²) in [6.45, 7) is 0. The highest BCUT2D eigenvalue weighted by molar-refractivity contribution is 6.26. The molecule has 0 radical (unpaired) electrons. The summed E-state index contributed by atoms with van der Waals surface area (Å²) >= 11 is 0. The van der Waals surface area contributed by atoms with Crippen molar-refractivity contribution in [3.05, 3.63) is 170 Å². The maximum atomic E-state index is 2.49. The van der Waals surface area contributed by atoms with Gasteiger partial charge in [0.05, 0.1) is 27.8 Å². The highest BCUT2D eigenvalue weighted by atomic mass is 15.0. The molecule has 7 aromatic carbocycles. The highest BCUT2D eigenvalue weighted by Gasteiger charge is 2.21. The Kier molecular flexibility index (Phi) is 5.54. The first-order valence-corrected chi connectivity index (χ1v) is 15.1. The molecule has 0 saturated carbocycles. The molecule has 0 unspecified atom stereocenters. The van der Waals surface area contributed by atoms with Gasteiger partial charge in [-0.05, 0) is 53.1 Å². The van der Waals surface area contributed by atoms with Crippen LogP contribution in [-0.2, 0) is 0 Å². The van der Waals surface area contributed by atoms with E-state index in [1.54, 1.807) is 0 Å². The van der Waals surface area contributed by atoms with Crippen LogP contribution in [0.1, 0.15) is 0 Å². The van der Waals surface area contributed by atoms with Crippen molar-refractivity contribution in [3.63, 3.8) is 0 Å². The van der Waals surface area contributed by atoms with Gasteiger partial charge in [0.1, 0.15) is 0 Å². The van der Waals surface area contributed by atoms with Crippen LogP contribution in [0.2, 0.25) is 0 Å². The maximum Gasteiger partial charge on any atom is 0.0641 e. The van der Waals surface area contributed by atoms with E-state index >= 15 is 0 Å². The Morgan fingerprint density at radius 3 is 1.64 bits per heavy atom. The minimum atomic E-state index is 1.16. The van der Waals surface area contributed by atoms with Crippen LogP contribution in [0, 0.1) is 0 Å². The topological polar surface area (TPSA) is 9.86 Å². The second kappa shape index (κ2) is 9.86. The molecule has 9 rings (SSSR count). The van der Waals surface area contributed by atoms with Gasteiger partial charge in [-0.1, -0.05) is 133 Å². The number of nitrogens with zero attached hydrogens (tertiary/aromatic N) is 2. The molecule has 0 N–H and O–H groups in total. The Balaban J connectivity index is 1.39. The third-order valence-corrected chi connectivity index (χ3v) is 8.93. The largest absolute Gasteiger partial charge is 0.309 e. The fourth-order valence-corrected chi connectivity index (χ4v) is 7.00. The predicted molar refractivity (Wildman–Crippen MR) is 186 cm³/mol. The molecule has 0 aliphatic carbocycles. The number of benzene rings is 7. The molecule has 0 bridgehead atoms. The fourth-order valence-electron chi connectivity index (χ4n) is 7.00. The van der Waals surface area contributed by atoms with Crippen LogP contribution in [0.3, 0.4) is 0 Å². The monoisotopic (exact) mass is 560 g/mol. The van der Waals surface area contributed by atoms with Gasteiger partial charge in [-0.15, -0.1) is 0 Å². The van der Waals surface area contributed by atoms with E-state index in [0.29, 0.717) is 0 Å². The number of rotatable bonds is 4. The molecule has 2 heteroatoms. The summed E-state index contributed by atoms with van der Waals surface area (Å²) in [5.74, 6) is 0. The summed E-state index contributed by atoms with van der Waals surface area (Å²) in [5.41, 5.74) is 12.1. The van der Waals surface area contributed by atoms with E-state index in [9.17, 15) is 0 Å². The molecule has 0 fully saturated rings. The maximum absolute atomic E-state index is 2.49. The van der Waals surface area contributed by atoms with Crippen LogP contribution in [0.25, 0.3) is 77.2 Å². The minimum Gasteiger partial charge on any atom is -0.309 e.